The summed E-state index contributed by atoms with van der Waals surface area (Å²) in [6, 6.07) is 17.3. The van der Waals surface area contributed by atoms with Crippen LogP contribution in [-0.2, 0) is 6.42 Å². The lowest BCUT2D eigenvalue weighted by atomic mass is 10.0. The molecule has 0 unspecified atom stereocenters. The lowest BCUT2D eigenvalue weighted by Gasteiger charge is -2.13. The van der Waals surface area contributed by atoms with Crippen LogP contribution >= 0.6 is 0 Å². The number of nitrogens with one attached hydrogen (secondary N) is 2. The fourth-order valence-corrected chi connectivity index (χ4v) is 3.02. The van der Waals surface area contributed by atoms with E-state index in [1.54, 1.807) is 19.4 Å². The smallest absolute Gasteiger partial charge is 0.274 e. The van der Waals surface area contributed by atoms with Crippen LogP contribution in [0.2, 0.25) is 0 Å². The van der Waals surface area contributed by atoms with Gasteiger partial charge in [-0.1, -0.05) is 44.2 Å². The molecule has 0 aliphatic rings. The molecule has 3 rings (SSSR count). The summed E-state index contributed by atoms with van der Waals surface area (Å²) in [5.41, 5.74) is 3.36. The third-order valence-electron chi connectivity index (χ3n) is 4.55. The fourth-order valence-electron chi connectivity index (χ4n) is 3.02. The molecular formula is C23H26N4O2. The van der Waals surface area contributed by atoms with E-state index in [-0.39, 0.29) is 5.91 Å². The van der Waals surface area contributed by atoms with Crippen LogP contribution in [0, 0.1) is 0 Å². The van der Waals surface area contributed by atoms with Crippen LogP contribution in [0.5, 0.6) is 5.75 Å². The quantitative estimate of drug-likeness (QED) is 0.592. The van der Waals surface area contributed by atoms with Crippen molar-refractivity contribution in [3.63, 3.8) is 0 Å². The van der Waals surface area contributed by atoms with Gasteiger partial charge in [0.05, 0.1) is 7.11 Å². The second-order valence-electron chi connectivity index (χ2n) is 6.99. The molecule has 0 saturated carbocycles. The monoisotopic (exact) mass is 390 g/mol. The number of amides is 1. The summed E-state index contributed by atoms with van der Waals surface area (Å²) in [6.45, 7) is 4.84. The second-order valence-corrected chi connectivity index (χ2v) is 6.99. The summed E-state index contributed by atoms with van der Waals surface area (Å²) >= 11 is 0. The van der Waals surface area contributed by atoms with Gasteiger partial charge in [-0.05, 0) is 47.7 Å². The molecule has 0 radical (unpaired) electrons. The van der Waals surface area contributed by atoms with Gasteiger partial charge in [0.2, 0.25) is 5.95 Å². The summed E-state index contributed by atoms with van der Waals surface area (Å²) in [7, 11) is 1.65. The highest BCUT2D eigenvalue weighted by Crippen LogP contribution is 2.24. The number of methoxy groups -OCH3 is 1. The van der Waals surface area contributed by atoms with Gasteiger partial charge in [-0.15, -0.1) is 0 Å². The molecule has 0 fully saturated rings. The normalized spacial score (nSPS) is 10.6. The highest BCUT2D eigenvalue weighted by Gasteiger charge is 2.12. The summed E-state index contributed by atoms with van der Waals surface area (Å²) < 4.78 is 5.24. The maximum atomic E-state index is 12.7. The van der Waals surface area contributed by atoms with Gasteiger partial charge in [0, 0.05) is 18.4 Å². The van der Waals surface area contributed by atoms with Gasteiger partial charge in [0.25, 0.3) is 5.91 Å². The van der Waals surface area contributed by atoms with E-state index in [0.717, 1.165) is 29.0 Å². The molecular weight excluding hydrogens is 364 g/mol. The minimum Gasteiger partial charge on any atom is -0.497 e. The standard InChI is InChI=1S/C23H26N4O2/c1-16(2)19-9-4-5-10-20(19)26-22(28)21-12-14-25-23(27-21)24-13-11-17-7-6-8-18(15-17)29-3/h4-10,12,14-16H,11,13H2,1-3H3,(H,26,28)(H,24,25,27). The average Bonchev–Trinajstić information content (AvgIpc) is 2.74. The van der Waals surface area contributed by atoms with Crippen LogP contribution in [0.3, 0.4) is 0 Å². The molecule has 6 heteroatoms. The van der Waals surface area contributed by atoms with Crippen LogP contribution < -0.4 is 15.4 Å². The first-order chi connectivity index (χ1) is 14.1. The molecule has 1 amide bonds. The lowest BCUT2D eigenvalue weighted by molar-refractivity contribution is 0.102. The first kappa shape index (κ1) is 20.3. The van der Waals surface area contributed by atoms with Crippen molar-refractivity contribution in [2.45, 2.75) is 26.2 Å². The Kier molecular flexibility index (Phi) is 6.79. The number of ether oxygens (including phenoxy) is 1. The first-order valence-electron chi connectivity index (χ1n) is 9.67. The van der Waals surface area contributed by atoms with Crippen molar-refractivity contribution in [2.75, 3.05) is 24.3 Å². The van der Waals surface area contributed by atoms with Crippen molar-refractivity contribution in [1.82, 2.24) is 9.97 Å². The molecule has 2 N–H and O–H groups in total. The van der Waals surface area contributed by atoms with Crippen molar-refractivity contribution in [3.8, 4) is 5.75 Å². The number of anilines is 2. The summed E-state index contributed by atoms with van der Waals surface area (Å²) in [4.78, 5) is 21.2. The Bertz CT molecular complexity index is 972. The number of para-hydroxylation sites is 1. The van der Waals surface area contributed by atoms with Gasteiger partial charge in [-0.25, -0.2) is 9.97 Å². The van der Waals surface area contributed by atoms with Crippen molar-refractivity contribution in [2.24, 2.45) is 0 Å². The molecule has 29 heavy (non-hydrogen) atoms. The van der Waals surface area contributed by atoms with Gasteiger partial charge in [0.1, 0.15) is 11.4 Å². The van der Waals surface area contributed by atoms with Crippen molar-refractivity contribution in [1.29, 1.82) is 0 Å². The number of carbonyl (C=O) groups excluding carboxylic acids is 1. The van der Waals surface area contributed by atoms with E-state index in [0.29, 0.717) is 24.1 Å². The number of hydrogen-bond donors (Lipinski definition) is 2. The van der Waals surface area contributed by atoms with Crippen molar-refractivity contribution >= 4 is 17.5 Å². The zero-order chi connectivity index (χ0) is 20.6. The van der Waals surface area contributed by atoms with Crippen LogP contribution in [-0.4, -0.2) is 29.5 Å². The van der Waals surface area contributed by atoms with Crippen molar-refractivity contribution in [3.05, 3.63) is 77.6 Å². The predicted octanol–water partition coefficient (Wildman–Crippen LogP) is 4.52. The zero-order valence-corrected chi connectivity index (χ0v) is 17.0. The molecule has 150 valence electrons. The Morgan fingerprint density at radius 2 is 1.93 bits per heavy atom. The highest BCUT2D eigenvalue weighted by molar-refractivity contribution is 6.03. The van der Waals surface area contributed by atoms with E-state index in [1.807, 2.05) is 48.5 Å². The van der Waals surface area contributed by atoms with Crippen LogP contribution in [0.25, 0.3) is 0 Å². The van der Waals surface area contributed by atoms with E-state index >= 15 is 0 Å². The molecule has 0 aliphatic carbocycles. The summed E-state index contributed by atoms with van der Waals surface area (Å²) in [5, 5.41) is 6.14. The Balaban J connectivity index is 1.62. The molecule has 1 heterocycles. The van der Waals surface area contributed by atoms with Crippen LogP contribution in [0.15, 0.2) is 60.8 Å². The number of rotatable bonds is 8. The largest absolute Gasteiger partial charge is 0.497 e. The van der Waals surface area contributed by atoms with Crippen LogP contribution in [0.4, 0.5) is 11.6 Å². The van der Waals surface area contributed by atoms with E-state index < -0.39 is 0 Å². The van der Waals surface area contributed by atoms with Crippen LogP contribution in [0.1, 0.15) is 41.4 Å². The molecule has 0 aliphatic heterocycles. The van der Waals surface area contributed by atoms with Crippen molar-refractivity contribution < 1.29 is 9.53 Å². The molecule has 0 bridgehead atoms. The number of carbonyl (C=O) groups is 1. The molecule has 2 aromatic carbocycles. The third-order valence-corrected chi connectivity index (χ3v) is 4.55. The van der Waals surface area contributed by atoms with E-state index in [4.69, 9.17) is 4.74 Å². The molecule has 0 atom stereocenters. The molecule has 0 spiro atoms. The maximum absolute atomic E-state index is 12.7. The Hall–Kier alpha value is -3.41. The second kappa shape index (κ2) is 9.68. The molecule has 1 aromatic heterocycles. The van der Waals surface area contributed by atoms with Gasteiger partial charge >= 0.3 is 0 Å². The zero-order valence-electron chi connectivity index (χ0n) is 17.0. The third kappa shape index (κ3) is 5.54. The van der Waals surface area contributed by atoms with Gasteiger partial charge in [0.15, 0.2) is 0 Å². The Morgan fingerprint density at radius 1 is 1.10 bits per heavy atom. The number of benzene rings is 2. The van der Waals surface area contributed by atoms with E-state index in [1.165, 1.54) is 0 Å². The van der Waals surface area contributed by atoms with E-state index in [9.17, 15) is 4.79 Å². The molecule has 0 saturated heterocycles. The van der Waals surface area contributed by atoms with Gasteiger partial charge in [-0.2, -0.15) is 0 Å². The molecule has 6 nitrogen and oxygen atoms in total. The van der Waals surface area contributed by atoms with E-state index in [2.05, 4.69) is 34.4 Å². The summed E-state index contributed by atoms with van der Waals surface area (Å²) in [5.74, 6) is 1.32. The molecule has 3 aromatic rings. The number of hydrogen-bond acceptors (Lipinski definition) is 5. The topological polar surface area (TPSA) is 76.1 Å². The first-order valence-corrected chi connectivity index (χ1v) is 9.67. The number of nitrogens with zero attached hydrogens (tertiary/aromatic N) is 2. The minimum absolute atomic E-state index is 0.253. The van der Waals surface area contributed by atoms with Gasteiger partial charge < -0.3 is 15.4 Å². The van der Waals surface area contributed by atoms with Gasteiger partial charge in [-0.3, -0.25) is 4.79 Å². The predicted molar refractivity (Wildman–Crippen MR) is 116 cm³/mol. The minimum atomic E-state index is -0.253. The Morgan fingerprint density at radius 3 is 2.72 bits per heavy atom. The maximum Gasteiger partial charge on any atom is 0.274 e. The Labute approximate surface area is 171 Å². The SMILES string of the molecule is COc1cccc(CCNc2nccc(C(=O)Nc3ccccc3C(C)C)n2)c1. The summed E-state index contributed by atoms with van der Waals surface area (Å²) in [6.07, 6.45) is 2.38. The lowest BCUT2D eigenvalue weighted by Crippen LogP contribution is -2.17. The highest BCUT2D eigenvalue weighted by atomic mass is 16.5. The fraction of sp³-hybridized carbons (Fsp3) is 0.261. The average molecular weight is 390 g/mol. The number of aromatic nitrogens is 2.